The predicted octanol–water partition coefficient (Wildman–Crippen LogP) is 2.27. The Morgan fingerprint density at radius 2 is 1.88 bits per heavy atom. The average molecular weight is 244 g/mol. The lowest BCUT2D eigenvalue weighted by Gasteiger charge is -2.27. The number of hydrogen-bond acceptors (Lipinski definition) is 2. The smallest absolute Gasteiger partial charge is 0.314 e. The number of unbranched alkanes of at least 4 members (excludes halogenated alkanes) is 3. The van der Waals surface area contributed by atoms with Gasteiger partial charge in [-0.15, -0.1) is 0 Å². The second kappa shape index (κ2) is 8.34. The molecule has 0 aliphatic carbocycles. The fraction of sp³-hybridized carbons (Fsp3) is 0.923. The second-order valence-corrected chi connectivity index (χ2v) is 5.18. The molecule has 0 aliphatic rings. The maximum Gasteiger partial charge on any atom is 0.314 e. The van der Waals surface area contributed by atoms with E-state index in [9.17, 15) is 9.90 Å². The Morgan fingerprint density at radius 1 is 1.24 bits per heavy atom. The molecule has 0 saturated carbocycles. The van der Waals surface area contributed by atoms with E-state index < -0.39 is 5.60 Å². The van der Waals surface area contributed by atoms with Crippen LogP contribution in [0.4, 0.5) is 4.79 Å². The Labute approximate surface area is 105 Å². The Kier molecular flexibility index (Phi) is 7.96. The summed E-state index contributed by atoms with van der Waals surface area (Å²) >= 11 is 0. The molecule has 102 valence electrons. The first-order chi connectivity index (χ1) is 7.90. The maximum atomic E-state index is 11.4. The van der Waals surface area contributed by atoms with Gasteiger partial charge in [-0.05, 0) is 19.3 Å². The van der Waals surface area contributed by atoms with Crippen molar-refractivity contribution < 1.29 is 9.90 Å². The van der Waals surface area contributed by atoms with Gasteiger partial charge >= 0.3 is 6.03 Å². The monoisotopic (exact) mass is 244 g/mol. The van der Waals surface area contributed by atoms with Crippen LogP contribution in [0.1, 0.15) is 53.4 Å². The van der Waals surface area contributed by atoms with Crippen molar-refractivity contribution in [2.24, 2.45) is 5.92 Å². The van der Waals surface area contributed by atoms with Crippen LogP contribution in [0.5, 0.6) is 0 Å². The first-order valence-electron chi connectivity index (χ1n) is 6.64. The highest BCUT2D eigenvalue weighted by atomic mass is 16.3. The minimum atomic E-state index is -0.848. The van der Waals surface area contributed by atoms with Gasteiger partial charge in [0.2, 0.25) is 0 Å². The van der Waals surface area contributed by atoms with E-state index in [1.807, 2.05) is 13.8 Å². The van der Waals surface area contributed by atoms with Crippen LogP contribution >= 0.6 is 0 Å². The van der Waals surface area contributed by atoms with Crippen molar-refractivity contribution in [2.75, 3.05) is 13.1 Å². The lowest BCUT2D eigenvalue weighted by Crippen LogP contribution is -2.47. The van der Waals surface area contributed by atoms with Crippen molar-refractivity contribution in [3.63, 3.8) is 0 Å². The predicted molar refractivity (Wildman–Crippen MR) is 71.0 cm³/mol. The van der Waals surface area contributed by atoms with Gasteiger partial charge in [-0.25, -0.2) is 4.79 Å². The Hall–Kier alpha value is -0.770. The molecule has 4 heteroatoms. The van der Waals surface area contributed by atoms with Gasteiger partial charge in [0.15, 0.2) is 0 Å². The third-order valence-electron chi connectivity index (χ3n) is 3.17. The third-order valence-corrected chi connectivity index (χ3v) is 3.17. The molecule has 0 saturated heterocycles. The number of nitrogens with one attached hydrogen (secondary N) is 2. The summed E-state index contributed by atoms with van der Waals surface area (Å²) in [4.78, 5) is 11.4. The van der Waals surface area contributed by atoms with Crippen LogP contribution in [-0.2, 0) is 0 Å². The number of amides is 2. The van der Waals surface area contributed by atoms with Crippen LogP contribution in [0.15, 0.2) is 0 Å². The van der Waals surface area contributed by atoms with E-state index in [2.05, 4.69) is 17.6 Å². The summed E-state index contributed by atoms with van der Waals surface area (Å²) in [5.74, 6) is 0.118. The zero-order valence-corrected chi connectivity index (χ0v) is 11.7. The van der Waals surface area contributed by atoms with Crippen molar-refractivity contribution in [3.05, 3.63) is 0 Å². The Bertz CT molecular complexity index is 215. The van der Waals surface area contributed by atoms with Crippen LogP contribution in [0.3, 0.4) is 0 Å². The van der Waals surface area contributed by atoms with E-state index in [1.165, 1.54) is 12.8 Å². The van der Waals surface area contributed by atoms with E-state index in [1.54, 1.807) is 6.92 Å². The van der Waals surface area contributed by atoms with Gasteiger partial charge in [-0.2, -0.15) is 0 Å². The number of carbonyl (C=O) groups is 1. The molecule has 0 rings (SSSR count). The van der Waals surface area contributed by atoms with Crippen LogP contribution in [0.25, 0.3) is 0 Å². The maximum absolute atomic E-state index is 11.4. The van der Waals surface area contributed by atoms with E-state index in [4.69, 9.17) is 0 Å². The molecule has 0 spiro atoms. The summed E-state index contributed by atoms with van der Waals surface area (Å²) in [6.45, 7) is 8.75. The van der Waals surface area contributed by atoms with E-state index in [-0.39, 0.29) is 18.5 Å². The molecule has 17 heavy (non-hydrogen) atoms. The Balaban J connectivity index is 3.60. The fourth-order valence-electron chi connectivity index (χ4n) is 1.28. The number of aliphatic hydroxyl groups is 1. The molecule has 1 atom stereocenters. The molecule has 2 amide bonds. The molecule has 3 N–H and O–H groups in total. The van der Waals surface area contributed by atoms with Crippen LogP contribution in [-0.4, -0.2) is 29.8 Å². The second-order valence-electron chi connectivity index (χ2n) is 5.18. The normalized spacial score (nSPS) is 14.5. The number of carbonyl (C=O) groups excluding carboxylic acids is 1. The fourth-order valence-corrected chi connectivity index (χ4v) is 1.28. The first-order valence-corrected chi connectivity index (χ1v) is 6.64. The van der Waals surface area contributed by atoms with Gasteiger partial charge in [0.05, 0.1) is 5.60 Å². The summed E-state index contributed by atoms with van der Waals surface area (Å²) in [6.07, 6.45) is 4.58. The van der Waals surface area contributed by atoms with E-state index in [0.29, 0.717) is 6.54 Å². The van der Waals surface area contributed by atoms with Gasteiger partial charge in [0, 0.05) is 13.1 Å². The summed E-state index contributed by atoms with van der Waals surface area (Å²) in [5.41, 5.74) is -0.848. The molecule has 0 radical (unpaired) electrons. The minimum absolute atomic E-state index is 0.118. The topological polar surface area (TPSA) is 61.4 Å². The molecule has 0 aliphatic heterocycles. The highest BCUT2D eigenvalue weighted by Crippen LogP contribution is 2.14. The number of hydrogen-bond donors (Lipinski definition) is 3. The zero-order chi connectivity index (χ0) is 13.3. The zero-order valence-electron chi connectivity index (χ0n) is 11.7. The van der Waals surface area contributed by atoms with Gasteiger partial charge in [0.25, 0.3) is 0 Å². The number of rotatable bonds is 8. The standard InChI is InChI=1S/C13H28N2O2/c1-5-6-7-8-9-14-12(16)15-10-13(4,17)11(2)3/h11,17H,5-10H2,1-4H3,(H2,14,15,16). The van der Waals surface area contributed by atoms with Crippen molar-refractivity contribution in [3.8, 4) is 0 Å². The summed E-state index contributed by atoms with van der Waals surface area (Å²) < 4.78 is 0. The van der Waals surface area contributed by atoms with Gasteiger partial charge < -0.3 is 15.7 Å². The lowest BCUT2D eigenvalue weighted by atomic mass is 9.93. The Morgan fingerprint density at radius 3 is 2.41 bits per heavy atom. The average Bonchev–Trinajstić information content (AvgIpc) is 2.26. The highest BCUT2D eigenvalue weighted by molar-refractivity contribution is 5.73. The third kappa shape index (κ3) is 8.02. The van der Waals surface area contributed by atoms with Gasteiger partial charge in [0.1, 0.15) is 0 Å². The summed E-state index contributed by atoms with van der Waals surface area (Å²) in [5, 5.41) is 15.4. The van der Waals surface area contributed by atoms with E-state index in [0.717, 1.165) is 12.8 Å². The quantitative estimate of drug-likeness (QED) is 0.574. The highest BCUT2D eigenvalue weighted by Gasteiger charge is 2.25. The molecule has 0 aromatic heterocycles. The summed E-state index contributed by atoms with van der Waals surface area (Å²) in [7, 11) is 0. The van der Waals surface area contributed by atoms with Crippen molar-refractivity contribution in [1.29, 1.82) is 0 Å². The van der Waals surface area contributed by atoms with Crippen molar-refractivity contribution >= 4 is 6.03 Å². The number of urea groups is 1. The molecule has 0 aromatic carbocycles. The molecule has 0 aromatic rings. The lowest BCUT2D eigenvalue weighted by molar-refractivity contribution is 0.0166. The van der Waals surface area contributed by atoms with Crippen molar-refractivity contribution in [2.45, 2.75) is 59.0 Å². The summed E-state index contributed by atoms with van der Waals surface area (Å²) in [6, 6.07) is -0.192. The first kappa shape index (κ1) is 16.2. The van der Waals surface area contributed by atoms with E-state index >= 15 is 0 Å². The van der Waals surface area contributed by atoms with Crippen LogP contribution < -0.4 is 10.6 Å². The van der Waals surface area contributed by atoms with Crippen molar-refractivity contribution in [1.82, 2.24) is 10.6 Å². The molecule has 1 unspecified atom stereocenters. The largest absolute Gasteiger partial charge is 0.388 e. The van der Waals surface area contributed by atoms with Gasteiger partial charge in [-0.1, -0.05) is 40.0 Å². The van der Waals surface area contributed by atoms with Crippen LogP contribution in [0, 0.1) is 5.92 Å². The molecular weight excluding hydrogens is 216 g/mol. The van der Waals surface area contributed by atoms with Gasteiger partial charge in [-0.3, -0.25) is 0 Å². The minimum Gasteiger partial charge on any atom is -0.388 e. The molecule has 0 fully saturated rings. The molecule has 4 nitrogen and oxygen atoms in total. The SMILES string of the molecule is CCCCCCNC(=O)NCC(C)(O)C(C)C. The molecular formula is C13H28N2O2. The van der Waals surface area contributed by atoms with Crippen LogP contribution in [0.2, 0.25) is 0 Å². The molecule has 0 bridgehead atoms. The molecule has 0 heterocycles.